The molecule has 1 aliphatic heterocycles. The van der Waals surface area contributed by atoms with Crippen LogP contribution in [0.3, 0.4) is 0 Å². The normalized spacial score (nSPS) is 13.9. The first-order valence-corrected chi connectivity index (χ1v) is 10.4. The van der Waals surface area contributed by atoms with E-state index >= 15 is 0 Å². The summed E-state index contributed by atoms with van der Waals surface area (Å²) in [6.07, 6.45) is 5.27. The molecule has 0 bridgehead atoms. The smallest absolute Gasteiger partial charge is 0.333 e. The maximum atomic E-state index is 11.5. The highest BCUT2D eigenvalue weighted by atomic mass is 16.6. The number of epoxide rings is 1. The van der Waals surface area contributed by atoms with Crippen LogP contribution in [0.1, 0.15) is 59.3 Å². The minimum Gasteiger partial charge on any atom is -0.459 e. The lowest BCUT2D eigenvalue weighted by molar-refractivity contribution is -0.147. The van der Waals surface area contributed by atoms with Gasteiger partial charge in [0.15, 0.2) is 0 Å². The van der Waals surface area contributed by atoms with Gasteiger partial charge in [0.05, 0.1) is 6.61 Å². The lowest BCUT2D eigenvalue weighted by atomic mass is 10.1. The molecule has 30 heavy (non-hydrogen) atoms. The summed E-state index contributed by atoms with van der Waals surface area (Å²) in [4.78, 5) is 33.7. The van der Waals surface area contributed by atoms with Crippen LogP contribution in [0.5, 0.6) is 0 Å². The van der Waals surface area contributed by atoms with E-state index in [2.05, 4.69) is 19.7 Å². The Labute approximate surface area is 180 Å². The van der Waals surface area contributed by atoms with Crippen molar-refractivity contribution >= 4 is 17.9 Å². The molecule has 170 valence electrons. The number of unbranched alkanes of at least 4 members (excludes halogenated alkanes) is 2. The molecule has 0 aromatic carbocycles. The molecule has 0 N–H and O–H groups in total. The number of hydrogen-bond acceptors (Lipinski definition) is 7. The minimum atomic E-state index is -0.417. The lowest BCUT2D eigenvalue weighted by Gasteiger charge is -2.08. The number of carbonyl (C=O) groups is 3. The molecule has 0 radical (unpaired) electrons. The zero-order valence-corrected chi connectivity index (χ0v) is 18.6. The molecule has 1 aliphatic rings. The molecule has 1 atom stereocenters. The Bertz CT molecular complexity index is 569. The monoisotopic (exact) mass is 424 g/mol. The summed E-state index contributed by atoms with van der Waals surface area (Å²) < 4.78 is 19.5. The Morgan fingerprint density at radius 3 is 1.60 bits per heavy atom. The van der Waals surface area contributed by atoms with Gasteiger partial charge in [-0.25, -0.2) is 14.4 Å². The first kappa shape index (κ1) is 27.6. The highest BCUT2D eigenvalue weighted by Gasteiger charge is 2.24. The van der Waals surface area contributed by atoms with Gasteiger partial charge in [-0.1, -0.05) is 46.4 Å². The van der Waals surface area contributed by atoms with Crippen LogP contribution >= 0.6 is 0 Å². The topological polar surface area (TPSA) is 91.4 Å². The van der Waals surface area contributed by atoms with Crippen molar-refractivity contribution in [3.8, 4) is 0 Å². The molecule has 0 amide bonds. The number of esters is 3. The fourth-order valence-corrected chi connectivity index (χ4v) is 1.91. The van der Waals surface area contributed by atoms with E-state index in [1.807, 2.05) is 13.8 Å². The van der Waals surface area contributed by atoms with E-state index in [-0.39, 0.29) is 25.3 Å². The molecule has 1 fully saturated rings. The Morgan fingerprint density at radius 2 is 1.27 bits per heavy atom. The summed E-state index contributed by atoms with van der Waals surface area (Å²) in [7, 11) is 0. The van der Waals surface area contributed by atoms with Crippen molar-refractivity contribution in [1.29, 1.82) is 0 Å². The van der Waals surface area contributed by atoms with E-state index in [1.54, 1.807) is 6.92 Å². The average Bonchev–Trinajstić information content (AvgIpc) is 3.55. The van der Waals surface area contributed by atoms with Crippen molar-refractivity contribution in [1.82, 2.24) is 0 Å². The van der Waals surface area contributed by atoms with Gasteiger partial charge in [-0.2, -0.15) is 0 Å². The fourth-order valence-electron chi connectivity index (χ4n) is 1.91. The molecule has 0 spiro atoms. The van der Waals surface area contributed by atoms with Gasteiger partial charge >= 0.3 is 17.9 Å². The van der Waals surface area contributed by atoms with Crippen LogP contribution < -0.4 is 0 Å². The zero-order chi connectivity index (χ0) is 22.9. The van der Waals surface area contributed by atoms with E-state index in [1.165, 1.54) is 0 Å². The van der Waals surface area contributed by atoms with Gasteiger partial charge in [0.1, 0.15) is 25.9 Å². The van der Waals surface area contributed by atoms with Gasteiger partial charge in [-0.15, -0.1) is 0 Å². The van der Waals surface area contributed by atoms with Gasteiger partial charge in [-0.3, -0.25) is 0 Å². The maximum absolute atomic E-state index is 11.5. The van der Waals surface area contributed by atoms with E-state index in [0.29, 0.717) is 42.8 Å². The predicted molar refractivity (Wildman–Crippen MR) is 115 cm³/mol. The largest absolute Gasteiger partial charge is 0.459 e. The predicted octanol–water partition coefficient (Wildman–Crippen LogP) is 4.07. The molecule has 1 saturated heterocycles. The minimum absolute atomic E-state index is 0.0524. The molecule has 1 rings (SSSR count). The fraction of sp³-hybridized carbons (Fsp3) is 0.609. The van der Waals surface area contributed by atoms with Gasteiger partial charge in [0, 0.05) is 16.7 Å². The van der Waals surface area contributed by atoms with Gasteiger partial charge in [0.2, 0.25) is 0 Å². The number of carbonyl (C=O) groups excluding carboxylic acids is 3. The summed E-state index contributed by atoms with van der Waals surface area (Å²) in [6, 6.07) is 0. The van der Waals surface area contributed by atoms with Crippen molar-refractivity contribution < 1.29 is 33.3 Å². The first-order chi connectivity index (χ1) is 14.2. The number of ether oxygens (including phenoxy) is 4. The van der Waals surface area contributed by atoms with Gasteiger partial charge < -0.3 is 18.9 Å². The molecule has 1 unspecified atom stereocenters. The van der Waals surface area contributed by atoms with E-state index < -0.39 is 11.9 Å². The van der Waals surface area contributed by atoms with Crippen LogP contribution in [0.25, 0.3) is 0 Å². The van der Waals surface area contributed by atoms with Crippen molar-refractivity contribution in [3.63, 3.8) is 0 Å². The van der Waals surface area contributed by atoms with E-state index in [4.69, 9.17) is 18.9 Å². The summed E-state index contributed by atoms with van der Waals surface area (Å²) in [6.45, 7) is 17.7. The number of hydrogen-bond donors (Lipinski definition) is 0. The van der Waals surface area contributed by atoms with Crippen LogP contribution in [0.4, 0.5) is 0 Å². The number of rotatable bonds is 14. The molecule has 1 heterocycles. The van der Waals surface area contributed by atoms with E-state index in [9.17, 15) is 14.4 Å². The maximum Gasteiger partial charge on any atom is 0.333 e. The molecular weight excluding hydrogens is 388 g/mol. The third-order valence-corrected chi connectivity index (χ3v) is 3.94. The standard InChI is InChI=1S/C16H26O4.C7H10O3/c1-5-7-9-13(3)15(17)19-11-12-20-16(18)14(4)10-8-6-2;1-5(2)7(8)10-4-6-3-9-6/h3-12H2,1-2H3;6H,1,3-4H2,2H3. The van der Waals surface area contributed by atoms with Crippen LogP contribution in [0, 0.1) is 0 Å². The first-order valence-electron chi connectivity index (χ1n) is 10.4. The second-order valence-electron chi connectivity index (χ2n) is 7.02. The van der Waals surface area contributed by atoms with Crippen molar-refractivity contribution in [2.45, 2.75) is 65.4 Å². The third kappa shape index (κ3) is 14.6. The zero-order valence-electron chi connectivity index (χ0n) is 18.6. The molecule has 7 nitrogen and oxygen atoms in total. The Morgan fingerprint density at radius 1 is 0.833 bits per heavy atom. The molecule has 0 saturated carbocycles. The van der Waals surface area contributed by atoms with Crippen molar-refractivity contribution in [3.05, 3.63) is 36.5 Å². The SMILES string of the molecule is C=C(C)C(=O)OCC1CO1.C=C(CCCC)C(=O)OCCOC(=O)C(=C)CCCC. The quantitative estimate of drug-likeness (QED) is 0.136. The summed E-state index contributed by atoms with van der Waals surface area (Å²) in [5, 5.41) is 0. The molecule has 0 aromatic rings. The van der Waals surface area contributed by atoms with Crippen LogP contribution in [0.2, 0.25) is 0 Å². The average molecular weight is 425 g/mol. The summed E-state index contributed by atoms with van der Waals surface area (Å²) >= 11 is 0. The third-order valence-electron chi connectivity index (χ3n) is 3.94. The molecule has 0 aromatic heterocycles. The second-order valence-corrected chi connectivity index (χ2v) is 7.02. The van der Waals surface area contributed by atoms with E-state index in [0.717, 1.165) is 25.7 Å². The molecular formula is C23H36O7. The second kappa shape index (κ2) is 16.4. The molecule has 0 aliphatic carbocycles. The van der Waals surface area contributed by atoms with Crippen molar-refractivity contribution in [2.75, 3.05) is 26.4 Å². The Kier molecular flexibility index (Phi) is 15.1. The summed E-state index contributed by atoms with van der Waals surface area (Å²) in [5.74, 6) is -1.17. The van der Waals surface area contributed by atoms with Gasteiger partial charge in [0.25, 0.3) is 0 Å². The van der Waals surface area contributed by atoms with Gasteiger partial charge in [-0.05, 0) is 32.6 Å². The Balaban J connectivity index is 0.000000696. The Hall–Kier alpha value is -2.41. The lowest BCUT2D eigenvalue weighted by Crippen LogP contribution is -2.15. The highest BCUT2D eigenvalue weighted by molar-refractivity contribution is 5.88. The summed E-state index contributed by atoms with van der Waals surface area (Å²) in [5.41, 5.74) is 1.36. The van der Waals surface area contributed by atoms with Crippen LogP contribution in [-0.4, -0.2) is 50.4 Å². The highest BCUT2D eigenvalue weighted by Crippen LogP contribution is 2.09. The molecule has 7 heteroatoms. The van der Waals surface area contributed by atoms with Crippen molar-refractivity contribution in [2.24, 2.45) is 0 Å². The van der Waals surface area contributed by atoms with Crippen LogP contribution in [0.15, 0.2) is 36.5 Å². The van der Waals surface area contributed by atoms with Crippen LogP contribution in [-0.2, 0) is 33.3 Å².